The van der Waals surface area contributed by atoms with Crippen LogP contribution in [0.15, 0.2) is 76.1 Å². The summed E-state index contributed by atoms with van der Waals surface area (Å²) in [6.07, 6.45) is 0. The zero-order valence-electron chi connectivity index (χ0n) is 18.8. The van der Waals surface area contributed by atoms with E-state index in [4.69, 9.17) is 15.1 Å². The minimum atomic E-state index is -0.794. The number of fused-ring (bicyclic) bond motifs is 1. The Balaban J connectivity index is 1.67. The van der Waals surface area contributed by atoms with Gasteiger partial charge in [0.2, 0.25) is 4.80 Å². The highest BCUT2D eigenvalue weighted by atomic mass is 32.1. The molecule has 0 saturated heterocycles. The molecule has 1 amide bonds. The Bertz CT molecular complexity index is 1630. The Morgan fingerprint density at radius 1 is 1.14 bits per heavy atom. The SMILES string of the molecule is CC(=Nn1c(-c2ccc3c(c2)NC(=O)CO3)csc1=Nc1ccc(F)cc1F)c1ccc(C#N)cc1. The molecular formula is C26H17F2N5O2S. The van der Waals surface area contributed by atoms with Gasteiger partial charge in [-0.05, 0) is 55.0 Å². The summed E-state index contributed by atoms with van der Waals surface area (Å²) in [6, 6.07) is 17.5. The molecule has 36 heavy (non-hydrogen) atoms. The van der Waals surface area contributed by atoms with E-state index in [1.807, 2.05) is 11.4 Å². The Kier molecular flexibility index (Phi) is 6.14. The van der Waals surface area contributed by atoms with Crippen molar-refractivity contribution in [1.29, 1.82) is 5.26 Å². The topological polar surface area (TPSA) is 91.8 Å². The van der Waals surface area contributed by atoms with Gasteiger partial charge >= 0.3 is 0 Å². The molecule has 1 N–H and O–H groups in total. The lowest BCUT2D eigenvalue weighted by Gasteiger charge is -2.18. The number of nitrogens with zero attached hydrogens (tertiary/aromatic N) is 4. The molecule has 1 aliphatic rings. The number of ether oxygens (including phenoxy) is 1. The molecule has 0 atom stereocenters. The van der Waals surface area contributed by atoms with Crippen molar-refractivity contribution in [2.24, 2.45) is 10.1 Å². The predicted molar refractivity (Wildman–Crippen MR) is 132 cm³/mol. The predicted octanol–water partition coefficient (Wildman–Crippen LogP) is 5.20. The molecule has 1 aromatic heterocycles. The lowest BCUT2D eigenvalue weighted by atomic mass is 10.1. The number of carbonyl (C=O) groups is 1. The molecule has 0 radical (unpaired) electrons. The van der Waals surface area contributed by atoms with E-state index in [0.717, 1.165) is 17.7 Å². The highest BCUT2D eigenvalue weighted by Gasteiger charge is 2.18. The highest BCUT2D eigenvalue weighted by Crippen LogP contribution is 2.33. The average molecular weight is 502 g/mol. The average Bonchev–Trinajstić information content (AvgIpc) is 3.27. The standard InChI is InChI=1S/C26H17F2N5O2S/c1-15(17-4-2-16(12-29)3-5-17)32-33-23(18-6-9-24-22(10-18)30-25(34)13-35-24)14-36-26(33)31-21-8-7-19(27)11-20(21)28/h2-11,14H,13H2,1H3,(H,30,34). The van der Waals surface area contributed by atoms with Crippen LogP contribution in [-0.4, -0.2) is 22.9 Å². The lowest BCUT2D eigenvalue weighted by molar-refractivity contribution is -0.118. The number of halogens is 2. The van der Waals surface area contributed by atoms with E-state index in [9.17, 15) is 13.6 Å². The van der Waals surface area contributed by atoms with Crippen LogP contribution in [-0.2, 0) is 4.79 Å². The van der Waals surface area contributed by atoms with Gasteiger partial charge in [-0.3, -0.25) is 4.79 Å². The van der Waals surface area contributed by atoms with Gasteiger partial charge in [-0.1, -0.05) is 12.1 Å². The van der Waals surface area contributed by atoms with Crippen molar-refractivity contribution in [1.82, 2.24) is 4.68 Å². The van der Waals surface area contributed by atoms with E-state index >= 15 is 0 Å². The van der Waals surface area contributed by atoms with E-state index in [0.29, 0.717) is 38.8 Å². The van der Waals surface area contributed by atoms with Crippen molar-refractivity contribution in [3.05, 3.63) is 93.6 Å². The molecular weight excluding hydrogens is 484 g/mol. The number of aromatic nitrogens is 1. The van der Waals surface area contributed by atoms with Crippen molar-refractivity contribution in [3.8, 4) is 23.1 Å². The number of nitrogens with one attached hydrogen (secondary N) is 1. The number of thiazole rings is 1. The fourth-order valence-electron chi connectivity index (χ4n) is 3.58. The summed E-state index contributed by atoms with van der Waals surface area (Å²) >= 11 is 1.23. The Morgan fingerprint density at radius 3 is 2.69 bits per heavy atom. The molecule has 7 nitrogen and oxygen atoms in total. The summed E-state index contributed by atoms with van der Waals surface area (Å²) in [6.45, 7) is 1.75. The fourth-order valence-corrected chi connectivity index (χ4v) is 4.43. The van der Waals surface area contributed by atoms with Gasteiger partial charge in [-0.15, -0.1) is 11.3 Å². The summed E-state index contributed by atoms with van der Waals surface area (Å²) in [5.41, 5.74) is 3.77. The number of benzene rings is 3. The summed E-state index contributed by atoms with van der Waals surface area (Å²) in [5.74, 6) is -1.19. The number of hydrogen-bond donors (Lipinski definition) is 1. The summed E-state index contributed by atoms with van der Waals surface area (Å²) < 4.78 is 34.8. The van der Waals surface area contributed by atoms with Gasteiger partial charge in [-0.2, -0.15) is 10.4 Å². The van der Waals surface area contributed by atoms with Gasteiger partial charge in [0.15, 0.2) is 12.4 Å². The fraction of sp³-hybridized carbons (Fsp3) is 0.0769. The molecule has 4 aromatic rings. The molecule has 2 heterocycles. The smallest absolute Gasteiger partial charge is 0.262 e. The Hall–Kier alpha value is -4.62. The first kappa shape index (κ1) is 23.1. The van der Waals surface area contributed by atoms with Gasteiger partial charge in [0.05, 0.1) is 28.7 Å². The largest absolute Gasteiger partial charge is 0.482 e. The summed E-state index contributed by atoms with van der Waals surface area (Å²) in [5, 5.41) is 18.4. The second kappa shape index (κ2) is 9.56. The molecule has 178 valence electrons. The van der Waals surface area contributed by atoms with E-state index in [2.05, 4.69) is 16.4 Å². The maximum Gasteiger partial charge on any atom is 0.262 e. The Morgan fingerprint density at radius 2 is 1.94 bits per heavy atom. The first-order chi connectivity index (χ1) is 17.4. The Labute approximate surface area is 208 Å². The zero-order chi connectivity index (χ0) is 25.2. The maximum atomic E-state index is 14.4. The monoisotopic (exact) mass is 501 g/mol. The minimum absolute atomic E-state index is 0.0316. The number of nitriles is 1. The molecule has 0 bridgehead atoms. The number of carbonyl (C=O) groups excluding carboxylic acids is 1. The van der Waals surface area contributed by atoms with Gasteiger partial charge in [-0.25, -0.2) is 18.4 Å². The number of hydrogen-bond acceptors (Lipinski definition) is 6. The van der Waals surface area contributed by atoms with Crippen LogP contribution in [0.25, 0.3) is 11.3 Å². The van der Waals surface area contributed by atoms with Crippen molar-refractivity contribution >= 4 is 34.3 Å². The molecule has 5 rings (SSSR count). The second-order valence-electron chi connectivity index (χ2n) is 7.85. The number of rotatable bonds is 4. The second-order valence-corrected chi connectivity index (χ2v) is 8.68. The molecule has 0 unspecified atom stereocenters. The van der Waals surface area contributed by atoms with Crippen LogP contribution >= 0.6 is 11.3 Å². The van der Waals surface area contributed by atoms with Crippen molar-refractivity contribution in [3.63, 3.8) is 0 Å². The van der Waals surface area contributed by atoms with Crippen LogP contribution in [0.3, 0.4) is 0 Å². The summed E-state index contributed by atoms with van der Waals surface area (Å²) in [7, 11) is 0. The van der Waals surface area contributed by atoms with Gasteiger partial charge in [0.25, 0.3) is 5.91 Å². The number of anilines is 1. The van der Waals surface area contributed by atoms with Crippen LogP contribution < -0.4 is 14.9 Å². The van der Waals surface area contributed by atoms with E-state index in [1.165, 1.54) is 17.4 Å². The third kappa shape index (κ3) is 4.64. The normalized spacial score (nSPS) is 13.6. The minimum Gasteiger partial charge on any atom is -0.482 e. The van der Waals surface area contributed by atoms with E-state index in [1.54, 1.807) is 48.0 Å². The molecule has 1 aliphatic heterocycles. The van der Waals surface area contributed by atoms with Gasteiger partial charge in [0.1, 0.15) is 17.3 Å². The maximum absolute atomic E-state index is 14.4. The van der Waals surface area contributed by atoms with Crippen LogP contribution in [0.1, 0.15) is 18.1 Å². The molecule has 0 aliphatic carbocycles. The molecule has 3 aromatic carbocycles. The molecule has 0 fully saturated rings. The molecule has 10 heteroatoms. The van der Waals surface area contributed by atoms with Crippen LogP contribution in [0.4, 0.5) is 20.2 Å². The van der Waals surface area contributed by atoms with Gasteiger partial charge in [0, 0.05) is 17.0 Å². The van der Waals surface area contributed by atoms with E-state index < -0.39 is 11.6 Å². The lowest BCUT2D eigenvalue weighted by Crippen LogP contribution is -2.25. The summed E-state index contributed by atoms with van der Waals surface area (Å²) in [4.78, 5) is 16.5. The molecule has 0 saturated carbocycles. The zero-order valence-corrected chi connectivity index (χ0v) is 19.6. The first-order valence-electron chi connectivity index (χ1n) is 10.7. The van der Waals surface area contributed by atoms with Crippen molar-refractivity contribution < 1.29 is 18.3 Å². The van der Waals surface area contributed by atoms with Crippen LogP contribution in [0.2, 0.25) is 0 Å². The first-order valence-corrected chi connectivity index (χ1v) is 11.6. The van der Waals surface area contributed by atoms with E-state index in [-0.39, 0.29) is 18.2 Å². The number of amides is 1. The van der Waals surface area contributed by atoms with Crippen molar-refractivity contribution in [2.45, 2.75) is 6.92 Å². The van der Waals surface area contributed by atoms with Crippen LogP contribution in [0.5, 0.6) is 5.75 Å². The van der Waals surface area contributed by atoms with Crippen molar-refractivity contribution in [2.75, 3.05) is 11.9 Å². The van der Waals surface area contributed by atoms with Gasteiger partial charge < -0.3 is 10.1 Å². The molecule has 0 spiro atoms. The van der Waals surface area contributed by atoms with Crippen LogP contribution in [0, 0.1) is 23.0 Å². The third-order valence-electron chi connectivity index (χ3n) is 5.40. The highest BCUT2D eigenvalue weighted by molar-refractivity contribution is 7.07. The third-order valence-corrected chi connectivity index (χ3v) is 6.22. The quantitative estimate of drug-likeness (QED) is 0.390.